The van der Waals surface area contributed by atoms with E-state index < -0.39 is 5.97 Å². The third-order valence-electron chi connectivity index (χ3n) is 2.92. The predicted octanol–water partition coefficient (Wildman–Crippen LogP) is 3.14. The van der Waals surface area contributed by atoms with Crippen molar-refractivity contribution in [1.29, 1.82) is 0 Å². The van der Waals surface area contributed by atoms with E-state index in [1.807, 2.05) is 36.4 Å². The number of benzene rings is 2. The number of carbonyl (C=O) groups is 2. The van der Waals surface area contributed by atoms with Crippen LogP contribution in [0.4, 0.5) is 0 Å². The van der Waals surface area contributed by atoms with Crippen molar-refractivity contribution in [3.8, 4) is 0 Å². The maximum absolute atomic E-state index is 12.1. The van der Waals surface area contributed by atoms with E-state index in [4.69, 9.17) is 0 Å². The van der Waals surface area contributed by atoms with E-state index in [2.05, 4.69) is 11.3 Å². The van der Waals surface area contributed by atoms with Gasteiger partial charge in [0.1, 0.15) is 0 Å². The fourth-order valence-electron chi connectivity index (χ4n) is 1.88. The van der Waals surface area contributed by atoms with Crippen LogP contribution < -0.4 is 0 Å². The lowest BCUT2D eigenvalue weighted by molar-refractivity contribution is -0.136. The molecule has 19 heavy (non-hydrogen) atoms. The van der Waals surface area contributed by atoms with Gasteiger partial charge in [0.15, 0.2) is 5.78 Å². The second-order valence-electron chi connectivity index (χ2n) is 4.26. The fourth-order valence-corrected chi connectivity index (χ4v) is 1.88. The van der Waals surface area contributed by atoms with Gasteiger partial charge in [0.25, 0.3) is 0 Å². The van der Waals surface area contributed by atoms with Gasteiger partial charge in [0.2, 0.25) is 0 Å². The van der Waals surface area contributed by atoms with Gasteiger partial charge in [-0.05, 0) is 16.8 Å². The minimum absolute atomic E-state index is 0.0228. The summed E-state index contributed by atoms with van der Waals surface area (Å²) in [7, 11) is 1.27. The van der Waals surface area contributed by atoms with Crippen LogP contribution in [0.25, 0.3) is 10.8 Å². The first-order valence-electron chi connectivity index (χ1n) is 5.90. The number of carbonyl (C=O) groups excluding carboxylic acids is 2. The Bertz CT molecular complexity index is 656. The minimum atomic E-state index is -0.547. The van der Waals surface area contributed by atoms with Gasteiger partial charge in [-0.1, -0.05) is 43.0 Å². The number of ketones is 1. The molecule has 3 heteroatoms. The number of fused-ring (bicyclic) bond motifs is 1. The Morgan fingerprint density at radius 3 is 2.47 bits per heavy atom. The first-order valence-corrected chi connectivity index (χ1v) is 5.90. The van der Waals surface area contributed by atoms with E-state index >= 15 is 0 Å². The molecule has 2 rings (SSSR count). The molecular weight excluding hydrogens is 240 g/mol. The average molecular weight is 254 g/mol. The topological polar surface area (TPSA) is 43.4 Å². The first-order chi connectivity index (χ1) is 9.11. The molecular formula is C16H14O3. The maximum Gasteiger partial charge on any atom is 0.333 e. The summed E-state index contributed by atoms with van der Waals surface area (Å²) in [6, 6.07) is 13.3. The zero-order valence-corrected chi connectivity index (χ0v) is 10.7. The van der Waals surface area contributed by atoms with Crippen LogP contribution in [0, 0.1) is 0 Å². The highest BCUT2D eigenvalue weighted by Crippen LogP contribution is 2.17. The zero-order valence-electron chi connectivity index (χ0n) is 10.7. The Morgan fingerprint density at radius 2 is 1.79 bits per heavy atom. The Kier molecular flexibility index (Phi) is 3.76. The molecule has 0 saturated carbocycles. The summed E-state index contributed by atoms with van der Waals surface area (Å²) in [6.07, 6.45) is -0.0228. The number of esters is 1. The molecule has 0 heterocycles. The van der Waals surface area contributed by atoms with Gasteiger partial charge in [-0.2, -0.15) is 0 Å². The molecule has 0 bridgehead atoms. The number of ether oxygens (including phenoxy) is 1. The van der Waals surface area contributed by atoms with E-state index in [0.29, 0.717) is 5.56 Å². The number of rotatable bonds is 4. The molecule has 96 valence electrons. The largest absolute Gasteiger partial charge is 0.466 e. The number of hydrogen-bond donors (Lipinski definition) is 0. The van der Waals surface area contributed by atoms with Crippen LogP contribution in [0.1, 0.15) is 16.8 Å². The molecule has 0 fully saturated rings. The van der Waals surface area contributed by atoms with E-state index in [9.17, 15) is 9.59 Å². The highest BCUT2D eigenvalue weighted by atomic mass is 16.5. The molecule has 0 spiro atoms. The van der Waals surface area contributed by atoms with Crippen LogP contribution >= 0.6 is 0 Å². The molecule has 0 unspecified atom stereocenters. The molecule has 2 aromatic rings. The van der Waals surface area contributed by atoms with Crippen LogP contribution in [0.3, 0.4) is 0 Å². The summed E-state index contributed by atoms with van der Waals surface area (Å²) in [4.78, 5) is 23.3. The van der Waals surface area contributed by atoms with Gasteiger partial charge in [0.05, 0.1) is 7.11 Å². The standard InChI is InChI=1S/C16H14O3/c1-11(16(18)19-2)9-15(17)14-8-7-12-5-3-4-6-13(12)10-14/h3-8,10H,1,9H2,2H3. The number of Topliss-reactive ketones (excluding diaryl/α,β-unsaturated/α-hetero) is 1. The summed E-state index contributed by atoms with van der Waals surface area (Å²) in [5.74, 6) is -0.685. The minimum Gasteiger partial charge on any atom is -0.466 e. The molecule has 0 saturated heterocycles. The Balaban J connectivity index is 2.22. The lowest BCUT2D eigenvalue weighted by Crippen LogP contribution is -2.09. The second kappa shape index (κ2) is 5.48. The highest BCUT2D eigenvalue weighted by molar-refractivity contribution is 6.05. The van der Waals surface area contributed by atoms with Crippen molar-refractivity contribution in [2.24, 2.45) is 0 Å². The highest BCUT2D eigenvalue weighted by Gasteiger charge is 2.13. The Labute approximate surface area is 111 Å². The van der Waals surface area contributed by atoms with Gasteiger partial charge in [-0.15, -0.1) is 0 Å². The first kappa shape index (κ1) is 13.0. The third-order valence-corrected chi connectivity index (χ3v) is 2.92. The van der Waals surface area contributed by atoms with Gasteiger partial charge in [0, 0.05) is 17.6 Å². The normalized spacial score (nSPS) is 10.2. The average Bonchev–Trinajstić information content (AvgIpc) is 2.45. The second-order valence-corrected chi connectivity index (χ2v) is 4.26. The summed E-state index contributed by atoms with van der Waals surface area (Å²) >= 11 is 0. The summed E-state index contributed by atoms with van der Waals surface area (Å²) in [5.41, 5.74) is 0.740. The molecule has 0 aromatic heterocycles. The van der Waals surface area contributed by atoms with Crippen LogP contribution in [0.5, 0.6) is 0 Å². The fraction of sp³-hybridized carbons (Fsp3) is 0.125. The van der Waals surface area contributed by atoms with Crippen LogP contribution in [-0.2, 0) is 9.53 Å². The molecule has 0 amide bonds. The lowest BCUT2D eigenvalue weighted by Gasteiger charge is -2.04. The van der Waals surface area contributed by atoms with Crippen molar-refractivity contribution in [2.45, 2.75) is 6.42 Å². The van der Waals surface area contributed by atoms with Gasteiger partial charge >= 0.3 is 5.97 Å². The quantitative estimate of drug-likeness (QED) is 0.478. The summed E-state index contributed by atoms with van der Waals surface area (Å²) in [5, 5.41) is 2.07. The van der Waals surface area contributed by atoms with Crippen LogP contribution in [0.15, 0.2) is 54.6 Å². The molecule has 0 aliphatic heterocycles. The van der Waals surface area contributed by atoms with Crippen LogP contribution in [-0.4, -0.2) is 18.9 Å². The summed E-state index contributed by atoms with van der Waals surface area (Å²) < 4.78 is 4.53. The van der Waals surface area contributed by atoms with E-state index in [1.165, 1.54) is 7.11 Å². The van der Waals surface area contributed by atoms with Crippen molar-refractivity contribution in [3.05, 3.63) is 60.2 Å². The van der Waals surface area contributed by atoms with Crippen molar-refractivity contribution in [2.75, 3.05) is 7.11 Å². The number of methoxy groups -OCH3 is 1. The van der Waals surface area contributed by atoms with Gasteiger partial charge in [-0.25, -0.2) is 4.79 Å². The zero-order chi connectivity index (χ0) is 13.8. The molecule has 0 aliphatic carbocycles. The van der Waals surface area contributed by atoms with E-state index in [-0.39, 0.29) is 17.8 Å². The smallest absolute Gasteiger partial charge is 0.333 e. The van der Waals surface area contributed by atoms with Crippen molar-refractivity contribution in [3.63, 3.8) is 0 Å². The third kappa shape index (κ3) is 2.88. The Hall–Kier alpha value is -2.42. The van der Waals surface area contributed by atoms with E-state index in [0.717, 1.165) is 10.8 Å². The van der Waals surface area contributed by atoms with Gasteiger partial charge in [-0.3, -0.25) is 4.79 Å². The summed E-state index contributed by atoms with van der Waals surface area (Å²) in [6.45, 7) is 3.56. The molecule has 0 radical (unpaired) electrons. The molecule has 0 N–H and O–H groups in total. The SMILES string of the molecule is C=C(CC(=O)c1ccc2ccccc2c1)C(=O)OC. The van der Waals surface area contributed by atoms with Crippen LogP contribution in [0.2, 0.25) is 0 Å². The molecule has 2 aromatic carbocycles. The molecule has 0 aliphatic rings. The van der Waals surface area contributed by atoms with Crippen molar-refractivity contribution < 1.29 is 14.3 Å². The van der Waals surface area contributed by atoms with Crippen molar-refractivity contribution in [1.82, 2.24) is 0 Å². The van der Waals surface area contributed by atoms with Gasteiger partial charge < -0.3 is 4.74 Å². The number of hydrogen-bond acceptors (Lipinski definition) is 3. The predicted molar refractivity (Wildman–Crippen MR) is 74.1 cm³/mol. The monoisotopic (exact) mass is 254 g/mol. The molecule has 3 nitrogen and oxygen atoms in total. The van der Waals surface area contributed by atoms with Crippen molar-refractivity contribution >= 4 is 22.5 Å². The van der Waals surface area contributed by atoms with E-state index in [1.54, 1.807) is 6.07 Å². The Morgan fingerprint density at radius 1 is 1.11 bits per heavy atom. The lowest BCUT2D eigenvalue weighted by atomic mass is 10.0. The molecule has 0 atom stereocenters. The maximum atomic E-state index is 12.1.